The molecule has 0 amide bonds. The lowest BCUT2D eigenvalue weighted by Gasteiger charge is -2.22. The second kappa shape index (κ2) is 5.96. The lowest BCUT2D eigenvalue weighted by molar-refractivity contribution is 0.796. The molecule has 1 aromatic carbocycles. The van der Waals surface area contributed by atoms with Crippen LogP contribution in [0.15, 0.2) is 43.0 Å². The molecule has 5 rings (SSSR count). The average Bonchev–Trinajstić information content (AvgIpc) is 3.22. The van der Waals surface area contributed by atoms with E-state index in [-0.39, 0.29) is 0 Å². The van der Waals surface area contributed by atoms with Crippen molar-refractivity contribution in [2.45, 2.75) is 6.42 Å². The molecule has 4 aromatic rings. The van der Waals surface area contributed by atoms with Gasteiger partial charge in [0.25, 0.3) is 0 Å². The van der Waals surface area contributed by atoms with E-state index in [0.29, 0.717) is 0 Å². The van der Waals surface area contributed by atoms with Crippen LogP contribution in [0.5, 0.6) is 0 Å². The molecule has 1 saturated heterocycles. The number of hydrogen-bond donors (Lipinski definition) is 0. The third-order valence-corrected chi connectivity index (χ3v) is 5.64. The lowest BCUT2D eigenvalue weighted by Crippen LogP contribution is -2.31. The third-order valence-electron chi connectivity index (χ3n) is 4.55. The molecule has 7 nitrogen and oxygen atoms in total. The van der Waals surface area contributed by atoms with E-state index in [1.165, 1.54) is 4.70 Å². The minimum absolute atomic E-state index is 0.816. The van der Waals surface area contributed by atoms with Gasteiger partial charge >= 0.3 is 0 Å². The summed E-state index contributed by atoms with van der Waals surface area (Å²) in [7, 11) is 0. The van der Waals surface area contributed by atoms with E-state index in [0.717, 1.165) is 54.7 Å². The highest BCUT2D eigenvalue weighted by Crippen LogP contribution is 2.29. The van der Waals surface area contributed by atoms with Crippen molar-refractivity contribution >= 4 is 38.2 Å². The van der Waals surface area contributed by atoms with Gasteiger partial charge in [-0.05, 0) is 18.6 Å². The van der Waals surface area contributed by atoms with Gasteiger partial charge in [0.15, 0.2) is 10.9 Å². The quantitative estimate of drug-likeness (QED) is 0.553. The Labute approximate surface area is 148 Å². The Balaban J connectivity index is 1.40. The van der Waals surface area contributed by atoms with Gasteiger partial charge in [0, 0.05) is 38.6 Å². The highest BCUT2D eigenvalue weighted by molar-refractivity contribution is 7.22. The monoisotopic (exact) mass is 351 g/mol. The largest absolute Gasteiger partial charge is 0.352 e. The van der Waals surface area contributed by atoms with Crippen molar-refractivity contribution in [2.75, 3.05) is 36.0 Å². The van der Waals surface area contributed by atoms with Crippen LogP contribution in [0.1, 0.15) is 6.42 Å². The van der Waals surface area contributed by atoms with Gasteiger partial charge in [0.05, 0.1) is 10.2 Å². The minimum Gasteiger partial charge on any atom is -0.352 e. The number of benzene rings is 1. The fraction of sp³-hybridized carbons (Fsp3) is 0.294. The summed E-state index contributed by atoms with van der Waals surface area (Å²) in [5.74, 6) is 0.908. The van der Waals surface area contributed by atoms with E-state index < -0.39 is 0 Å². The van der Waals surface area contributed by atoms with E-state index in [4.69, 9.17) is 4.98 Å². The van der Waals surface area contributed by atoms with Crippen LogP contribution < -0.4 is 9.80 Å². The molecule has 0 aliphatic carbocycles. The van der Waals surface area contributed by atoms with Crippen LogP contribution in [0.25, 0.3) is 15.9 Å². The Morgan fingerprint density at radius 1 is 1.00 bits per heavy atom. The summed E-state index contributed by atoms with van der Waals surface area (Å²) in [6.45, 7) is 3.79. The van der Waals surface area contributed by atoms with Crippen molar-refractivity contribution in [3.8, 4) is 0 Å². The summed E-state index contributed by atoms with van der Waals surface area (Å²) < 4.78 is 3.16. The van der Waals surface area contributed by atoms with Gasteiger partial charge < -0.3 is 9.80 Å². The first-order valence-electron chi connectivity index (χ1n) is 8.38. The van der Waals surface area contributed by atoms with Crippen molar-refractivity contribution in [1.82, 2.24) is 24.6 Å². The molecule has 25 heavy (non-hydrogen) atoms. The van der Waals surface area contributed by atoms with Crippen LogP contribution in [-0.2, 0) is 0 Å². The maximum absolute atomic E-state index is 4.80. The normalized spacial score (nSPS) is 15.8. The molecule has 4 heterocycles. The molecule has 0 spiro atoms. The van der Waals surface area contributed by atoms with Gasteiger partial charge in [0.1, 0.15) is 6.33 Å². The highest BCUT2D eigenvalue weighted by Gasteiger charge is 2.20. The third kappa shape index (κ3) is 2.58. The fourth-order valence-electron chi connectivity index (χ4n) is 3.28. The van der Waals surface area contributed by atoms with Crippen LogP contribution in [0.3, 0.4) is 0 Å². The molecular weight excluding hydrogens is 334 g/mol. The van der Waals surface area contributed by atoms with E-state index in [9.17, 15) is 0 Å². The Morgan fingerprint density at radius 3 is 2.84 bits per heavy atom. The van der Waals surface area contributed by atoms with Gasteiger partial charge in [-0.2, -0.15) is 0 Å². The van der Waals surface area contributed by atoms with E-state index >= 15 is 0 Å². The van der Waals surface area contributed by atoms with E-state index in [1.807, 2.05) is 22.9 Å². The summed E-state index contributed by atoms with van der Waals surface area (Å²) in [4.78, 5) is 14.0. The Bertz CT molecular complexity index is 991. The molecule has 0 atom stereocenters. The highest BCUT2D eigenvalue weighted by atomic mass is 32.1. The van der Waals surface area contributed by atoms with Crippen LogP contribution in [0.2, 0.25) is 0 Å². The first kappa shape index (κ1) is 14.6. The standard InChI is InChI=1S/C17H17N7S/c1-2-5-14-13(4-1)20-17(25-14)23-8-3-7-22(10-11-23)15-16-21-19-12-24(16)9-6-18-15/h1-2,4-6,9,12H,3,7-8,10-11H2. The summed E-state index contributed by atoms with van der Waals surface area (Å²) in [6.07, 6.45) is 6.46. The number of fused-ring (bicyclic) bond motifs is 2. The van der Waals surface area contributed by atoms with E-state index in [1.54, 1.807) is 17.7 Å². The van der Waals surface area contributed by atoms with Crippen molar-refractivity contribution in [2.24, 2.45) is 0 Å². The first-order chi connectivity index (χ1) is 12.4. The topological polar surface area (TPSA) is 62.5 Å². The molecule has 1 fully saturated rings. The van der Waals surface area contributed by atoms with Crippen molar-refractivity contribution in [3.05, 3.63) is 43.0 Å². The average molecular weight is 351 g/mol. The minimum atomic E-state index is 0.816. The van der Waals surface area contributed by atoms with Crippen LogP contribution in [0.4, 0.5) is 10.9 Å². The number of rotatable bonds is 2. The molecular formula is C17H17N7S. The molecule has 0 N–H and O–H groups in total. The summed E-state index contributed by atoms with van der Waals surface area (Å²) >= 11 is 1.77. The lowest BCUT2D eigenvalue weighted by atomic mass is 10.3. The zero-order valence-electron chi connectivity index (χ0n) is 13.6. The zero-order valence-corrected chi connectivity index (χ0v) is 14.4. The number of aromatic nitrogens is 5. The molecule has 3 aromatic heterocycles. The number of para-hydroxylation sites is 1. The molecule has 8 heteroatoms. The van der Waals surface area contributed by atoms with Crippen LogP contribution >= 0.6 is 11.3 Å². The molecule has 126 valence electrons. The summed E-state index contributed by atoms with van der Waals surface area (Å²) in [5, 5.41) is 9.32. The number of nitrogens with zero attached hydrogens (tertiary/aromatic N) is 7. The van der Waals surface area contributed by atoms with Gasteiger partial charge in [0.2, 0.25) is 5.65 Å². The summed E-state index contributed by atoms with van der Waals surface area (Å²) in [6, 6.07) is 8.33. The molecule has 0 unspecified atom stereocenters. The molecule has 1 aliphatic heterocycles. The number of thiazole rings is 1. The number of anilines is 2. The molecule has 0 saturated carbocycles. The maximum Gasteiger partial charge on any atom is 0.203 e. The molecule has 0 radical (unpaired) electrons. The number of hydrogen-bond acceptors (Lipinski definition) is 7. The second-order valence-corrected chi connectivity index (χ2v) is 7.11. The first-order valence-corrected chi connectivity index (χ1v) is 9.20. The molecule has 1 aliphatic rings. The fourth-order valence-corrected chi connectivity index (χ4v) is 4.30. The van der Waals surface area contributed by atoms with Crippen molar-refractivity contribution in [1.29, 1.82) is 0 Å². The maximum atomic E-state index is 4.80. The van der Waals surface area contributed by atoms with E-state index in [2.05, 4.69) is 43.2 Å². The van der Waals surface area contributed by atoms with Crippen LogP contribution in [-0.4, -0.2) is 50.7 Å². The van der Waals surface area contributed by atoms with Gasteiger partial charge in [-0.3, -0.25) is 4.40 Å². The van der Waals surface area contributed by atoms with Gasteiger partial charge in [-0.1, -0.05) is 23.5 Å². The van der Waals surface area contributed by atoms with Crippen molar-refractivity contribution in [3.63, 3.8) is 0 Å². The van der Waals surface area contributed by atoms with Gasteiger partial charge in [-0.25, -0.2) is 9.97 Å². The second-order valence-electron chi connectivity index (χ2n) is 6.10. The Morgan fingerprint density at radius 2 is 1.88 bits per heavy atom. The van der Waals surface area contributed by atoms with Crippen LogP contribution in [0, 0.1) is 0 Å². The van der Waals surface area contributed by atoms with Crippen molar-refractivity contribution < 1.29 is 0 Å². The Hall–Kier alpha value is -2.74. The predicted molar refractivity (Wildman–Crippen MR) is 99.4 cm³/mol. The van der Waals surface area contributed by atoms with Gasteiger partial charge in [-0.15, -0.1) is 10.2 Å². The smallest absolute Gasteiger partial charge is 0.203 e. The molecule has 0 bridgehead atoms. The zero-order chi connectivity index (χ0) is 16.6. The SMILES string of the molecule is c1ccc2sc(N3CCCN(c4nccn5cnnc45)CC3)nc2c1. The predicted octanol–water partition coefficient (Wildman–Crippen LogP) is 2.45. The summed E-state index contributed by atoms with van der Waals surface area (Å²) in [5.41, 5.74) is 1.90. The Kier molecular flexibility index (Phi) is 3.48.